The molecule has 0 aromatic heterocycles. The minimum atomic E-state index is 0.0975. The molecular weight excluding hydrogens is 408 g/mol. The summed E-state index contributed by atoms with van der Waals surface area (Å²) in [5.41, 5.74) is 3.67. The first-order valence-electron chi connectivity index (χ1n) is 11.4. The van der Waals surface area contributed by atoms with Crippen LogP contribution >= 0.6 is 11.6 Å². The van der Waals surface area contributed by atoms with Crippen molar-refractivity contribution < 1.29 is 4.79 Å². The SMILES string of the molecule is Cc1cccc(N2CCN(CC(=O)NCC(c3ccccc3Cl)N3CCCC3)CC2)c1. The van der Waals surface area contributed by atoms with Gasteiger partial charge in [-0.2, -0.15) is 0 Å². The molecule has 2 aromatic carbocycles. The number of rotatable bonds is 7. The van der Waals surface area contributed by atoms with Crippen molar-refractivity contribution in [3.05, 3.63) is 64.7 Å². The van der Waals surface area contributed by atoms with E-state index in [9.17, 15) is 4.79 Å². The van der Waals surface area contributed by atoms with Crippen molar-refractivity contribution in [2.45, 2.75) is 25.8 Å². The molecule has 1 amide bonds. The predicted octanol–water partition coefficient (Wildman–Crippen LogP) is 3.72. The van der Waals surface area contributed by atoms with E-state index >= 15 is 0 Å². The van der Waals surface area contributed by atoms with Crippen LogP contribution in [-0.2, 0) is 4.79 Å². The van der Waals surface area contributed by atoms with Crippen molar-refractivity contribution in [2.24, 2.45) is 0 Å². The van der Waals surface area contributed by atoms with Crippen LogP contribution in [0.1, 0.15) is 30.0 Å². The number of carbonyl (C=O) groups is 1. The number of nitrogens with zero attached hydrogens (tertiary/aromatic N) is 3. The van der Waals surface area contributed by atoms with Gasteiger partial charge in [-0.3, -0.25) is 14.6 Å². The van der Waals surface area contributed by atoms with Crippen LogP contribution in [0.5, 0.6) is 0 Å². The van der Waals surface area contributed by atoms with Crippen LogP contribution in [0.4, 0.5) is 5.69 Å². The number of benzene rings is 2. The molecule has 1 atom stereocenters. The van der Waals surface area contributed by atoms with Gasteiger partial charge >= 0.3 is 0 Å². The molecule has 0 radical (unpaired) electrons. The predicted molar refractivity (Wildman–Crippen MR) is 128 cm³/mol. The van der Waals surface area contributed by atoms with Crippen molar-refractivity contribution in [1.82, 2.24) is 15.1 Å². The van der Waals surface area contributed by atoms with Gasteiger partial charge < -0.3 is 10.2 Å². The standard InChI is InChI=1S/C25H33ClN4O/c1-20-7-6-8-21(17-20)29-15-13-28(14-16-29)19-25(31)27-18-24(30-11-4-5-12-30)22-9-2-3-10-23(22)26/h2-3,6-10,17,24H,4-5,11-16,18-19H2,1H3,(H,27,31). The van der Waals surface area contributed by atoms with Crippen molar-refractivity contribution in [1.29, 1.82) is 0 Å². The molecule has 0 saturated carbocycles. The lowest BCUT2D eigenvalue weighted by Crippen LogP contribution is -2.50. The third kappa shape index (κ3) is 5.79. The highest BCUT2D eigenvalue weighted by Gasteiger charge is 2.26. The van der Waals surface area contributed by atoms with Crippen molar-refractivity contribution in [3.63, 3.8) is 0 Å². The fourth-order valence-corrected chi connectivity index (χ4v) is 4.95. The van der Waals surface area contributed by atoms with Crippen LogP contribution in [0, 0.1) is 6.92 Å². The van der Waals surface area contributed by atoms with Crippen LogP contribution in [-0.4, -0.2) is 68.1 Å². The number of hydrogen-bond donors (Lipinski definition) is 1. The lowest BCUT2D eigenvalue weighted by Gasteiger charge is -2.36. The highest BCUT2D eigenvalue weighted by Crippen LogP contribution is 2.29. The van der Waals surface area contributed by atoms with E-state index in [-0.39, 0.29) is 11.9 Å². The molecule has 2 aromatic rings. The Balaban J connectivity index is 1.28. The quantitative estimate of drug-likeness (QED) is 0.712. The smallest absolute Gasteiger partial charge is 0.234 e. The summed E-state index contributed by atoms with van der Waals surface area (Å²) in [5, 5.41) is 3.97. The van der Waals surface area contributed by atoms with Gasteiger partial charge in [-0.15, -0.1) is 0 Å². The number of aryl methyl sites for hydroxylation is 1. The summed E-state index contributed by atoms with van der Waals surface area (Å²) in [4.78, 5) is 19.8. The van der Waals surface area contributed by atoms with E-state index in [0.29, 0.717) is 13.1 Å². The van der Waals surface area contributed by atoms with Gasteiger partial charge in [0.2, 0.25) is 5.91 Å². The Morgan fingerprint density at radius 2 is 1.74 bits per heavy atom. The molecule has 4 rings (SSSR count). The number of amides is 1. The summed E-state index contributed by atoms with van der Waals surface area (Å²) in [6.07, 6.45) is 2.42. The summed E-state index contributed by atoms with van der Waals surface area (Å²) in [7, 11) is 0. The van der Waals surface area contributed by atoms with E-state index in [1.165, 1.54) is 24.1 Å². The summed E-state index contributed by atoms with van der Waals surface area (Å²) in [5.74, 6) is 0.0975. The molecule has 2 fully saturated rings. The topological polar surface area (TPSA) is 38.8 Å². The molecule has 1 unspecified atom stereocenters. The van der Waals surface area contributed by atoms with Gasteiger partial charge in [0.05, 0.1) is 12.6 Å². The summed E-state index contributed by atoms with van der Waals surface area (Å²) < 4.78 is 0. The van der Waals surface area contributed by atoms with E-state index in [1.807, 2.05) is 18.2 Å². The van der Waals surface area contributed by atoms with Crippen LogP contribution in [0.2, 0.25) is 5.02 Å². The van der Waals surface area contributed by atoms with Gasteiger partial charge in [0.15, 0.2) is 0 Å². The number of hydrogen-bond acceptors (Lipinski definition) is 4. The molecule has 0 bridgehead atoms. The Bertz CT molecular complexity index is 875. The van der Waals surface area contributed by atoms with Crippen molar-refractivity contribution in [3.8, 4) is 0 Å². The second-order valence-corrected chi connectivity index (χ2v) is 9.09. The lowest BCUT2D eigenvalue weighted by molar-refractivity contribution is -0.122. The van der Waals surface area contributed by atoms with Gasteiger partial charge in [0.25, 0.3) is 0 Å². The first-order chi connectivity index (χ1) is 15.1. The summed E-state index contributed by atoms with van der Waals surface area (Å²) >= 11 is 6.49. The Hall–Kier alpha value is -2.08. The molecule has 2 aliphatic heterocycles. The van der Waals surface area contributed by atoms with Crippen LogP contribution in [0.15, 0.2) is 48.5 Å². The fraction of sp³-hybridized carbons (Fsp3) is 0.480. The lowest BCUT2D eigenvalue weighted by atomic mass is 10.1. The number of anilines is 1. The van der Waals surface area contributed by atoms with Crippen molar-refractivity contribution >= 4 is 23.2 Å². The number of halogens is 1. The van der Waals surface area contributed by atoms with Gasteiger partial charge in [-0.25, -0.2) is 0 Å². The molecule has 6 heteroatoms. The summed E-state index contributed by atoms with van der Waals surface area (Å²) in [6, 6.07) is 16.8. The van der Waals surface area contributed by atoms with Gasteiger partial charge in [0, 0.05) is 43.4 Å². The normalized spacial score (nSPS) is 18.8. The second-order valence-electron chi connectivity index (χ2n) is 8.69. The Kier molecular flexibility index (Phi) is 7.49. The van der Waals surface area contributed by atoms with Crippen LogP contribution < -0.4 is 10.2 Å². The van der Waals surface area contributed by atoms with Crippen LogP contribution in [0.3, 0.4) is 0 Å². The van der Waals surface area contributed by atoms with E-state index in [4.69, 9.17) is 11.6 Å². The maximum absolute atomic E-state index is 12.7. The highest BCUT2D eigenvalue weighted by atomic mass is 35.5. The molecule has 5 nitrogen and oxygen atoms in total. The van der Waals surface area contributed by atoms with Crippen LogP contribution in [0.25, 0.3) is 0 Å². The monoisotopic (exact) mass is 440 g/mol. The first kappa shape index (κ1) is 22.1. The minimum Gasteiger partial charge on any atom is -0.369 e. The minimum absolute atomic E-state index is 0.0975. The molecule has 0 spiro atoms. The van der Waals surface area contributed by atoms with E-state index < -0.39 is 0 Å². The molecular formula is C25H33ClN4O. The third-order valence-corrected chi connectivity index (χ3v) is 6.79. The van der Waals surface area contributed by atoms with Crippen molar-refractivity contribution in [2.75, 3.05) is 57.3 Å². The summed E-state index contributed by atoms with van der Waals surface area (Å²) in [6.45, 7) is 9.02. The Morgan fingerprint density at radius 1 is 1.00 bits per heavy atom. The molecule has 0 aliphatic carbocycles. The third-order valence-electron chi connectivity index (χ3n) is 6.44. The number of likely N-dealkylation sites (tertiary alicyclic amines) is 1. The average Bonchev–Trinajstić information content (AvgIpc) is 3.30. The molecule has 31 heavy (non-hydrogen) atoms. The Morgan fingerprint density at radius 3 is 2.45 bits per heavy atom. The largest absolute Gasteiger partial charge is 0.369 e. The van der Waals surface area contributed by atoms with Gasteiger partial charge in [-0.05, 0) is 62.2 Å². The maximum atomic E-state index is 12.7. The van der Waals surface area contributed by atoms with Gasteiger partial charge in [0.1, 0.15) is 0 Å². The second kappa shape index (κ2) is 10.5. The number of carbonyl (C=O) groups excluding carboxylic acids is 1. The fourth-order valence-electron chi connectivity index (χ4n) is 4.69. The van der Waals surface area contributed by atoms with E-state index in [0.717, 1.165) is 49.9 Å². The maximum Gasteiger partial charge on any atom is 0.234 e. The highest BCUT2D eigenvalue weighted by molar-refractivity contribution is 6.31. The zero-order chi connectivity index (χ0) is 21.6. The zero-order valence-corrected chi connectivity index (χ0v) is 19.2. The molecule has 2 heterocycles. The van der Waals surface area contributed by atoms with E-state index in [2.05, 4.69) is 57.3 Å². The molecule has 2 saturated heterocycles. The molecule has 2 aliphatic rings. The van der Waals surface area contributed by atoms with Gasteiger partial charge in [-0.1, -0.05) is 41.9 Å². The van der Waals surface area contributed by atoms with E-state index in [1.54, 1.807) is 0 Å². The number of piperazine rings is 1. The molecule has 1 N–H and O–H groups in total. The Labute approximate surface area is 191 Å². The first-order valence-corrected chi connectivity index (χ1v) is 11.8. The number of nitrogens with one attached hydrogen (secondary N) is 1. The zero-order valence-electron chi connectivity index (χ0n) is 18.4. The molecule has 166 valence electrons. The average molecular weight is 441 g/mol.